The van der Waals surface area contributed by atoms with Crippen LogP contribution in [0.3, 0.4) is 0 Å². The van der Waals surface area contributed by atoms with Crippen molar-refractivity contribution < 1.29 is 121 Å². The van der Waals surface area contributed by atoms with Gasteiger partial charge in [-0.25, -0.2) is 21.5 Å². The third kappa shape index (κ3) is 8.85. The van der Waals surface area contributed by atoms with Crippen LogP contribution < -0.4 is 74.6 Å². The second-order valence-corrected chi connectivity index (χ2v) is 11.3. The van der Waals surface area contributed by atoms with Crippen molar-refractivity contribution in [1.29, 1.82) is 0 Å². The first kappa shape index (κ1) is 40.5. The number of halogens is 4. The molecule has 2 aromatic heterocycles. The SMILES string of the molecule is Cc1nn(-c2cc(S(=O)(=O)[O-])ccc2Cl)c([O-])c1N=Nc1cc(S(=O)(=O)[O-])cc(Nc2nc(F)nc(F)c2Cl)c1[O-].[Cu+2].[Na+].[Na+]. The number of hydrogen-bond donors (Lipinski definition) is 1. The molecule has 4 rings (SSSR count). The molecule has 2 heterocycles. The first-order valence-electron chi connectivity index (χ1n) is 10.4. The van der Waals surface area contributed by atoms with Gasteiger partial charge < -0.3 is 24.6 Å². The third-order valence-electron chi connectivity index (χ3n) is 5.05. The molecule has 0 spiro atoms. The quantitative estimate of drug-likeness (QED) is 0.0641. The van der Waals surface area contributed by atoms with Gasteiger partial charge in [-0.15, -0.1) is 5.11 Å². The summed E-state index contributed by atoms with van der Waals surface area (Å²) in [6.07, 6.45) is -1.59. The number of aryl methyl sites for hydroxylation is 1. The number of aromatic nitrogens is 4. The molecule has 0 aliphatic carbocycles. The summed E-state index contributed by atoms with van der Waals surface area (Å²) in [5.74, 6) is -4.54. The van der Waals surface area contributed by atoms with Gasteiger partial charge in [-0.1, -0.05) is 29.0 Å². The van der Waals surface area contributed by atoms with Crippen LogP contribution in [0.5, 0.6) is 11.6 Å². The maximum absolute atomic E-state index is 13.7. The van der Waals surface area contributed by atoms with Crippen LogP contribution in [0.2, 0.25) is 10.0 Å². The number of azo groups is 1. The van der Waals surface area contributed by atoms with Crippen LogP contribution in [-0.2, 0) is 37.3 Å². The third-order valence-corrected chi connectivity index (χ3v) is 7.35. The molecule has 0 saturated carbocycles. The van der Waals surface area contributed by atoms with Crippen LogP contribution in [0, 0.1) is 18.9 Å². The molecule has 24 heteroatoms. The first-order valence-corrected chi connectivity index (χ1v) is 14.0. The van der Waals surface area contributed by atoms with E-state index in [0.29, 0.717) is 16.8 Å². The summed E-state index contributed by atoms with van der Waals surface area (Å²) >= 11 is 11.7. The summed E-state index contributed by atoms with van der Waals surface area (Å²) in [4.78, 5) is 4.15. The maximum Gasteiger partial charge on any atom is 2.00 e. The Morgan fingerprint density at radius 1 is 0.932 bits per heavy atom. The molecular weight excluding hydrogens is 749 g/mol. The molecule has 225 valence electrons. The standard InChI is InChI=1S/C20H13Cl2F2N7O8S2.Cu.2Na/c1-7-15(19(33)31(30-7)13-6-8(40(34,35)36)2-3-10(13)21)29-28-12-5-9(41(37,38)39)4-11(16(12)32)25-18-14(22)17(23)26-20(24)27-18;;;/h2-6,32-33H,1H3,(H,25,26,27)(H,34,35,36)(H,37,38,39);;;/q;+2;2*+1/p-4. The summed E-state index contributed by atoms with van der Waals surface area (Å²) in [5.41, 5.74) is -2.59. The number of anilines is 2. The Balaban J connectivity index is 0.00000323. The fourth-order valence-electron chi connectivity index (χ4n) is 3.19. The van der Waals surface area contributed by atoms with E-state index >= 15 is 0 Å². The second kappa shape index (κ2) is 15.4. The minimum atomic E-state index is -5.25. The van der Waals surface area contributed by atoms with Crippen molar-refractivity contribution in [3.05, 3.63) is 58.1 Å². The topological polar surface area (TPSA) is 241 Å². The molecule has 0 saturated heterocycles. The summed E-state index contributed by atoms with van der Waals surface area (Å²) in [6.45, 7) is 1.26. The van der Waals surface area contributed by atoms with Gasteiger partial charge in [0, 0.05) is 11.6 Å². The van der Waals surface area contributed by atoms with E-state index in [2.05, 4.69) is 30.6 Å². The number of rotatable bonds is 7. The molecule has 2 aromatic carbocycles. The number of benzene rings is 2. The van der Waals surface area contributed by atoms with Gasteiger partial charge in [0.05, 0.1) is 31.9 Å². The molecule has 0 bridgehead atoms. The van der Waals surface area contributed by atoms with E-state index in [-0.39, 0.29) is 92.6 Å². The zero-order valence-corrected chi connectivity index (χ0v) is 30.1. The van der Waals surface area contributed by atoms with Gasteiger partial charge in [0.1, 0.15) is 30.9 Å². The van der Waals surface area contributed by atoms with Crippen molar-refractivity contribution in [3.63, 3.8) is 0 Å². The van der Waals surface area contributed by atoms with Crippen LogP contribution in [-0.4, -0.2) is 45.7 Å². The van der Waals surface area contributed by atoms with Gasteiger partial charge >= 0.3 is 82.3 Å². The maximum atomic E-state index is 13.7. The molecule has 1 radical (unpaired) electrons. The van der Waals surface area contributed by atoms with E-state index in [9.17, 15) is 44.9 Å². The Morgan fingerprint density at radius 2 is 1.55 bits per heavy atom. The van der Waals surface area contributed by atoms with E-state index in [1.54, 1.807) is 0 Å². The summed E-state index contributed by atoms with van der Waals surface area (Å²) < 4.78 is 96.9. The molecule has 44 heavy (non-hydrogen) atoms. The minimum absolute atomic E-state index is 0. The van der Waals surface area contributed by atoms with E-state index in [4.69, 9.17) is 23.2 Å². The molecule has 0 unspecified atom stereocenters. The van der Waals surface area contributed by atoms with Gasteiger partial charge in [0.2, 0.25) is 5.95 Å². The normalized spacial score (nSPS) is 11.4. The van der Waals surface area contributed by atoms with Crippen LogP contribution >= 0.6 is 23.2 Å². The second-order valence-electron chi connectivity index (χ2n) is 7.76. The van der Waals surface area contributed by atoms with Crippen LogP contribution in [0.1, 0.15) is 5.69 Å². The van der Waals surface area contributed by atoms with Crippen molar-refractivity contribution in [2.75, 3.05) is 5.32 Å². The predicted octanol–water partition coefficient (Wildman–Crippen LogP) is -3.32. The van der Waals surface area contributed by atoms with Crippen molar-refractivity contribution in [1.82, 2.24) is 19.7 Å². The molecular formula is C20H9Cl2CuF2N7Na2O8S2. The fraction of sp³-hybridized carbons (Fsp3) is 0.0500. The summed E-state index contributed by atoms with van der Waals surface area (Å²) in [6, 6.07) is 3.78. The zero-order chi connectivity index (χ0) is 30.4. The van der Waals surface area contributed by atoms with Gasteiger partial charge in [0.25, 0.3) is 0 Å². The van der Waals surface area contributed by atoms with Crippen molar-refractivity contribution >= 4 is 66.3 Å². The van der Waals surface area contributed by atoms with E-state index in [1.807, 2.05) is 0 Å². The van der Waals surface area contributed by atoms with E-state index in [0.717, 1.165) is 18.2 Å². The zero-order valence-electron chi connectivity index (χ0n) is 22.0. The fourth-order valence-corrected chi connectivity index (χ4v) is 4.53. The molecule has 0 fully saturated rings. The predicted molar refractivity (Wildman–Crippen MR) is 129 cm³/mol. The van der Waals surface area contributed by atoms with Crippen LogP contribution in [0.15, 0.2) is 50.4 Å². The minimum Gasteiger partial charge on any atom is -0.870 e. The Morgan fingerprint density at radius 3 is 2.14 bits per heavy atom. The van der Waals surface area contributed by atoms with Crippen LogP contribution in [0.4, 0.5) is 31.7 Å². The molecule has 15 nitrogen and oxygen atoms in total. The number of nitrogens with one attached hydrogen (secondary N) is 1. The van der Waals surface area contributed by atoms with E-state index < -0.39 is 81.6 Å². The molecule has 1 N–H and O–H groups in total. The van der Waals surface area contributed by atoms with Gasteiger partial charge in [-0.05, 0) is 37.3 Å². The number of nitrogens with zero attached hydrogens (tertiary/aromatic N) is 6. The molecule has 0 amide bonds. The van der Waals surface area contributed by atoms with Gasteiger partial charge in [-0.3, -0.25) is 0 Å². The van der Waals surface area contributed by atoms with Crippen LogP contribution in [0.25, 0.3) is 5.69 Å². The summed E-state index contributed by atoms with van der Waals surface area (Å²) in [7, 11) is -10.2. The Bertz CT molecular complexity index is 1990. The molecule has 0 aliphatic rings. The average Bonchev–Trinajstić information content (AvgIpc) is 3.14. The smallest absolute Gasteiger partial charge is 0.870 e. The first-order chi connectivity index (χ1) is 19.0. The monoisotopic (exact) mass is 756 g/mol. The molecule has 4 aromatic rings. The Labute approximate surface area is 311 Å². The van der Waals surface area contributed by atoms with E-state index in [1.165, 1.54) is 6.92 Å². The summed E-state index contributed by atoms with van der Waals surface area (Å²) in [5, 5.41) is 38.0. The Hall–Kier alpha value is -1.49. The van der Waals surface area contributed by atoms with Gasteiger partial charge in [0.15, 0.2) is 5.82 Å². The van der Waals surface area contributed by atoms with Crippen molar-refractivity contribution in [2.45, 2.75) is 16.7 Å². The number of hydrogen-bond acceptors (Lipinski definition) is 14. The Kier molecular flexibility index (Phi) is 14.2. The van der Waals surface area contributed by atoms with Crippen molar-refractivity contribution in [2.24, 2.45) is 10.2 Å². The van der Waals surface area contributed by atoms with Crippen molar-refractivity contribution in [3.8, 4) is 17.3 Å². The largest absolute Gasteiger partial charge is 2.00 e. The average molecular weight is 758 g/mol. The van der Waals surface area contributed by atoms with Gasteiger partial charge in [-0.2, -0.15) is 29.0 Å². The molecule has 0 aliphatic heterocycles. The molecule has 0 atom stereocenters.